The fraction of sp³-hybridized carbons (Fsp3) is 0.950. The van der Waals surface area contributed by atoms with Crippen LogP contribution in [0.4, 0.5) is 0 Å². The smallest absolute Gasteiger partial charge is 0.164 e. The SMILES string of the molecule is COC(C)C(=O)C1CCCC(C)C1(C)CCC1CCCCC1. The Balaban J connectivity index is 2.04. The van der Waals surface area contributed by atoms with Gasteiger partial charge in [0.25, 0.3) is 0 Å². The highest BCUT2D eigenvalue weighted by atomic mass is 16.5. The Bertz CT molecular complexity index is 359. The molecule has 2 saturated carbocycles. The van der Waals surface area contributed by atoms with Crippen molar-refractivity contribution < 1.29 is 9.53 Å². The minimum atomic E-state index is -0.246. The van der Waals surface area contributed by atoms with Crippen molar-refractivity contribution in [3.63, 3.8) is 0 Å². The molecule has 2 nitrogen and oxygen atoms in total. The van der Waals surface area contributed by atoms with E-state index in [0.717, 1.165) is 12.3 Å². The maximum absolute atomic E-state index is 12.8. The van der Waals surface area contributed by atoms with Crippen LogP contribution in [0.2, 0.25) is 0 Å². The van der Waals surface area contributed by atoms with Crippen LogP contribution in [-0.4, -0.2) is 19.0 Å². The molecule has 4 atom stereocenters. The number of hydrogen-bond donors (Lipinski definition) is 0. The highest BCUT2D eigenvalue weighted by molar-refractivity contribution is 5.86. The maximum atomic E-state index is 12.8. The van der Waals surface area contributed by atoms with Gasteiger partial charge < -0.3 is 4.74 Å². The van der Waals surface area contributed by atoms with Crippen molar-refractivity contribution in [2.45, 2.75) is 91.1 Å². The second kappa shape index (κ2) is 7.95. The Morgan fingerprint density at radius 3 is 2.45 bits per heavy atom. The van der Waals surface area contributed by atoms with E-state index in [1.807, 2.05) is 6.92 Å². The highest BCUT2D eigenvalue weighted by Crippen LogP contribution is 2.50. The van der Waals surface area contributed by atoms with Crippen LogP contribution in [0.25, 0.3) is 0 Å². The van der Waals surface area contributed by atoms with Gasteiger partial charge in [-0.3, -0.25) is 4.79 Å². The zero-order chi connectivity index (χ0) is 16.2. The first kappa shape index (κ1) is 18.0. The standard InChI is InChI=1S/C20H36O2/c1-15-9-8-12-18(19(21)16(2)22-4)20(15,3)14-13-17-10-6-5-7-11-17/h15-18H,5-14H2,1-4H3. The van der Waals surface area contributed by atoms with Gasteiger partial charge in [-0.15, -0.1) is 0 Å². The second-order valence-electron chi connectivity index (χ2n) is 8.21. The van der Waals surface area contributed by atoms with Gasteiger partial charge in [0.1, 0.15) is 6.10 Å². The molecule has 2 heteroatoms. The first-order valence-corrected chi connectivity index (χ1v) is 9.55. The van der Waals surface area contributed by atoms with E-state index in [0.29, 0.717) is 11.7 Å². The van der Waals surface area contributed by atoms with E-state index >= 15 is 0 Å². The third-order valence-corrected chi connectivity index (χ3v) is 6.97. The van der Waals surface area contributed by atoms with Crippen LogP contribution in [0.1, 0.15) is 85.0 Å². The lowest BCUT2D eigenvalue weighted by atomic mass is 9.57. The number of methoxy groups -OCH3 is 1. The van der Waals surface area contributed by atoms with Crippen LogP contribution >= 0.6 is 0 Å². The van der Waals surface area contributed by atoms with Crippen molar-refractivity contribution >= 4 is 5.78 Å². The van der Waals surface area contributed by atoms with Crippen molar-refractivity contribution in [2.75, 3.05) is 7.11 Å². The number of carbonyl (C=O) groups is 1. The van der Waals surface area contributed by atoms with E-state index < -0.39 is 0 Å². The predicted octanol–water partition coefficient (Wildman–Crippen LogP) is 5.39. The molecular weight excluding hydrogens is 272 g/mol. The lowest BCUT2D eigenvalue weighted by Gasteiger charge is -2.47. The van der Waals surface area contributed by atoms with Crippen molar-refractivity contribution in [3.8, 4) is 0 Å². The first-order valence-electron chi connectivity index (χ1n) is 9.55. The molecule has 0 heterocycles. The third kappa shape index (κ3) is 3.93. The summed E-state index contributed by atoms with van der Waals surface area (Å²) in [6.45, 7) is 6.69. The normalized spacial score (nSPS) is 35.3. The Kier molecular flexibility index (Phi) is 6.49. The van der Waals surface area contributed by atoms with Crippen molar-refractivity contribution in [3.05, 3.63) is 0 Å². The van der Waals surface area contributed by atoms with Crippen LogP contribution < -0.4 is 0 Å². The lowest BCUT2D eigenvalue weighted by Crippen LogP contribution is -2.45. The zero-order valence-corrected chi connectivity index (χ0v) is 15.2. The van der Waals surface area contributed by atoms with Gasteiger partial charge in [-0.25, -0.2) is 0 Å². The highest BCUT2D eigenvalue weighted by Gasteiger charge is 2.46. The summed E-state index contributed by atoms with van der Waals surface area (Å²) in [7, 11) is 1.66. The molecule has 2 aliphatic carbocycles. The van der Waals surface area contributed by atoms with Crippen LogP contribution in [0.15, 0.2) is 0 Å². The van der Waals surface area contributed by atoms with Gasteiger partial charge >= 0.3 is 0 Å². The predicted molar refractivity (Wildman–Crippen MR) is 91.9 cm³/mol. The number of Topliss-reactive ketones (excluding diaryl/α,β-unsaturated/α-hetero) is 1. The van der Waals surface area contributed by atoms with Crippen LogP contribution in [-0.2, 0) is 9.53 Å². The maximum Gasteiger partial charge on any atom is 0.164 e. The van der Waals surface area contributed by atoms with Gasteiger partial charge in [-0.1, -0.05) is 58.8 Å². The van der Waals surface area contributed by atoms with E-state index in [4.69, 9.17) is 4.74 Å². The van der Waals surface area contributed by atoms with Gasteiger partial charge in [0.15, 0.2) is 5.78 Å². The first-order chi connectivity index (χ1) is 10.5. The minimum absolute atomic E-state index is 0.180. The third-order valence-electron chi connectivity index (χ3n) is 6.97. The number of ketones is 1. The molecule has 0 saturated heterocycles. The van der Waals surface area contributed by atoms with E-state index in [2.05, 4.69) is 13.8 Å². The summed E-state index contributed by atoms with van der Waals surface area (Å²) in [5, 5.41) is 0. The topological polar surface area (TPSA) is 26.3 Å². The molecule has 0 bridgehead atoms. The van der Waals surface area contributed by atoms with Gasteiger partial charge in [-0.05, 0) is 43.4 Å². The summed E-state index contributed by atoms with van der Waals surface area (Å²) < 4.78 is 5.34. The molecule has 0 aromatic heterocycles. The molecule has 0 aliphatic heterocycles. The molecule has 2 fully saturated rings. The molecule has 4 unspecified atom stereocenters. The Hall–Kier alpha value is -0.370. The van der Waals surface area contributed by atoms with E-state index in [1.54, 1.807) is 7.11 Å². The summed E-state index contributed by atoms with van der Waals surface area (Å²) in [4.78, 5) is 12.8. The molecule has 0 spiro atoms. The zero-order valence-electron chi connectivity index (χ0n) is 15.2. The molecule has 0 radical (unpaired) electrons. The Morgan fingerprint density at radius 2 is 1.82 bits per heavy atom. The summed E-state index contributed by atoms with van der Waals surface area (Å²) in [6, 6.07) is 0. The molecule has 0 aromatic rings. The van der Waals surface area contributed by atoms with Gasteiger partial charge in [0.2, 0.25) is 0 Å². The summed E-state index contributed by atoms with van der Waals surface area (Å²) in [5.74, 6) is 2.12. The fourth-order valence-corrected chi connectivity index (χ4v) is 4.91. The Labute approximate surface area is 137 Å². The van der Waals surface area contributed by atoms with Gasteiger partial charge in [0, 0.05) is 13.0 Å². The van der Waals surface area contributed by atoms with Crippen molar-refractivity contribution in [2.24, 2.45) is 23.2 Å². The molecule has 2 aliphatic rings. The minimum Gasteiger partial charge on any atom is -0.374 e. The number of rotatable bonds is 6. The van der Waals surface area contributed by atoms with Crippen LogP contribution in [0.5, 0.6) is 0 Å². The second-order valence-corrected chi connectivity index (χ2v) is 8.21. The summed E-state index contributed by atoms with van der Waals surface area (Å²) in [5.41, 5.74) is 0.180. The largest absolute Gasteiger partial charge is 0.374 e. The van der Waals surface area contributed by atoms with Crippen molar-refractivity contribution in [1.82, 2.24) is 0 Å². The molecule has 0 aromatic carbocycles. The monoisotopic (exact) mass is 308 g/mol. The molecular formula is C20H36O2. The fourth-order valence-electron chi connectivity index (χ4n) is 4.91. The molecule has 2 rings (SSSR count). The van der Waals surface area contributed by atoms with Crippen LogP contribution in [0.3, 0.4) is 0 Å². The van der Waals surface area contributed by atoms with E-state index in [9.17, 15) is 4.79 Å². The summed E-state index contributed by atoms with van der Waals surface area (Å²) in [6.07, 6.45) is 12.9. The van der Waals surface area contributed by atoms with Gasteiger partial charge in [0.05, 0.1) is 0 Å². The average molecular weight is 309 g/mol. The average Bonchev–Trinajstić information content (AvgIpc) is 2.55. The summed E-state index contributed by atoms with van der Waals surface area (Å²) >= 11 is 0. The number of hydrogen-bond acceptors (Lipinski definition) is 2. The number of carbonyl (C=O) groups excluding carboxylic acids is 1. The Morgan fingerprint density at radius 1 is 1.14 bits per heavy atom. The molecule has 0 N–H and O–H groups in total. The van der Waals surface area contributed by atoms with E-state index in [1.165, 1.54) is 57.8 Å². The molecule has 128 valence electrons. The van der Waals surface area contributed by atoms with Crippen molar-refractivity contribution in [1.29, 1.82) is 0 Å². The molecule has 22 heavy (non-hydrogen) atoms. The molecule has 0 amide bonds. The van der Waals surface area contributed by atoms with Gasteiger partial charge in [-0.2, -0.15) is 0 Å². The number of ether oxygens (including phenoxy) is 1. The van der Waals surface area contributed by atoms with Crippen LogP contribution in [0, 0.1) is 23.2 Å². The quantitative estimate of drug-likeness (QED) is 0.657. The lowest BCUT2D eigenvalue weighted by molar-refractivity contribution is -0.140. The van der Waals surface area contributed by atoms with E-state index in [-0.39, 0.29) is 17.4 Å².